The normalized spacial score (nSPS) is 12.4. The lowest BCUT2D eigenvalue weighted by atomic mass is 10.0. The molecule has 6 nitrogen and oxygen atoms in total. The van der Waals surface area contributed by atoms with Crippen LogP contribution in [0.5, 0.6) is 0 Å². The summed E-state index contributed by atoms with van der Waals surface area (Å²) in [4.78, 5) is 38.0. The fourth-order valence-corrected chi connectivity index (χ4v) is 9.12. The van der Waals surface area contributed by atoms with E-state index in [0.717, 1.165) is 89.9 Å². The molecule has 0 aromatic rings. The number of hydrogen-bond donors (Lipinski definition) is 0. The monoisotopic (exact) mass is 1010 g/mol. The molecular weight excluding hydrogens is 889 g/mol. The lowest BCUT2D eigenvalue weighted by Crippen LogP contribution is -2.30. The van der Waals surface area contributed by atoms with Crippen LogP contribution in [0.2, 0.25) is 0 Å². The van der Waals surface area contributed by atoms with Crippen molar-refractivity contribution in [2.24, 2.45) is 0 Å². The highest BCUT2D eigenvalue weighted by atomic mass is 16.6. The summed E-state index contributed by atoms with van der Waals surface area (Å²) < 4.78 is 16.8. The Morgan fingerprint density at radius 3 is 0.847 bits per heavy atom. The second-order valence-electron chi connectivity index (χ2n) is 21.0. The van der Waals surface area contributed by atoms with Crippen molar-refractivity contribution in [3.63, 3.8) is 0 Å². The molecule has 1 unspecified atom stereocenters. The maximum absolute atomic E-state index is 12.8. The highest BCUT2D eigenvalue weighted by molar-refractivity contribution is 5.71. The van der Waals surface area contributed by atoms with E-state index in [9.17, 15) is 14.4 Å². The number of unbranched alkanes of at least 4 members (excludes halogenated alkanes) is 36. The van der Waals surface area contributed by atoms with Crippen LogP contribution in [0.15, 0.2) is 60.8 Å². The summed E-state index contributed by atoms with van der Waals surface area (Å²) in [6.45, 7) is 6.51. The summed E-state index contributed by atoms with van der Waals surface area (Å²) in [6.07, 6.45) is 76.9. The van der Waals surface area contributed by atoms with Gasteiger partial charge in [-0.2, -0.15) is 0 Å². The van der Waals surface area contributed by atoms with Crippen LogP contribution in [-0.2, 0) is 28.6 Å². The van der Waals surface area contributed by atoms with Crippen LogP contribution >= 0.6 is 0 Å². The summed E-state index contributed by atoms with van der Waals surface area (Å²) in [6, 6.07) is 0. The quantitative estimate of drug-likeness (QED) is 0.0261. The van der Waals surface area contributed by atoms with Gasteiger partial charge in [0.15, 0.2) is 6.10 Å². The Bertz CT molecular complexity index is 1290. The van der Waals surface area contributed by atoms with Crippen molar-refractivity contribution in [1.82, 2.24) is 0 Å². The molecule has 72 heavy (non-hydrogen) atoms. The van der Waals surface area contributed by atoms with Gasteiger partial charge in [-0.25, -0.2) is 0 Å². The van der Waals surface area contributed by atoms with Crippen LogP contribution in [0.25, 0.3) is 0 Å². The van der Waals surface area contributed by atoms with Crippen molar-refractivity contribution in [3.05, 3.63) is 60.8 Å². The van der Waals surface area contributed by atoms with Crippen LogP contribution in [-0.4, -0.2) is 37.2 Å². The molecule has 0 aliphatic carbocycles. The van der Waals surface area contributed by atoms with Crippen molar-refractivity contribution in [2.45, 2.75) is 329 Å². The van der Waals surface area contributed by atoms with Gasteiger partial charge < -0.3 is 14.2 Å². The summed E-state index contributed by atoms with van der Waals surface area (Å²) in [5.74, 6) is -0.864. The van der Waals surface area contributed by atoms with Crippen LogP contribution in [0.1, 0.15) is 323 Å². The molecule has 0 aromatic heterocycles. The zero-order valence-corrected chi connectivity index (χ0v) is 47.9. The Morgan fingerprint density at radius 1 is 0.292 bits per heavy atom. The molecule has 418 valence electrons. The van der Waals surface area contributed by atoms with Gasteiger partial charge in [-0.05, 0) is 64.2 Å². The van der Waals surface area contributed by atoms with Gasteiger partial charge in [-0.3, -0.25) is 14.4 Å². The van der Waals surface area contributed by atoms with Crippen molar-refractivity contribution in [3.8, 4) is 0 Å². The number of esters is 3. The van der Waals surface area contributed by atoms with Gasteiger partial charge in [0.05, 0.1) is 0 Å². The van der Waals surface area contributed by atoms with Gasteiger partial charge in [0.1, 0.15) is 13.2 Å². The molecule has 0 N–H and O–H groups in total. The van der Waals surface area contributed by atoms with Gasteiger partial charge >= 0.3 is 17.9 Å². The Balaban J connectivity index is 4.04. The molecular formula is C66H118O6. The SMILES string of the molecule is CC/C=C\C/C=C\C/C=C\C/C=C\C/C=C\CCCCCCCCCCCCCCCC(=O)OCC(COC(=O)CCCCCCCC)OC(=O)CCCCCCCCCCCCCCCCCCCCC. The van der Waals surface area contributed by atoms with E-state index < -0.39 is 6.10 Å². The smallest absolute Gasteiger partial charge is 0.306 e. The van der Waals surface area contributed by atoms with E-state index in [2.05, 4.69) is 81.5 Å². The van der Waals surface area contributed by atoms with Gasteiger partial charge in [0.25, 0.3) is 0 Å². The van der Waals surface area contributed by atoms with E-state index in [1.165, 1.54) is 193 Å². The Morgan fingerprint density at radius 2 is 0.542 bits per heavy atom. The van der Waals surface area contributed by atoms with Crippen LogP contribution in [0, 0.1) is 0 Å². The molecule has 6 heteroatoms. The maximum Gasteiger partial charge on any atom is 0.306 e. The first-order chi connectivity index (χ1) is 35.5. The minimum atomic E-state index is -0.768. The molecule has 0 aromatic carbocycles. The van der Waals surface area contributed by atoms with Gasteiger partial charge in [-0.1, -0.05) is 300 Å². The van der Waals surface area contributed by atoms with E-state index >= 15 is 0 Å². The summed E-state index contributed by atoms with van der Waals surface area (Å²) >= 11 is 0. The molecule has 0 saturated carbocycles. The summed E-state index contributed by atoms with van der Waals surface area (Å²) in [5, 5.41) is 0. The summed E-state index contributed by atoms with van der Waals surface area (Å²) in [7, 11) is 0. The molecule has 0 heterocycles. The lowest BCUT2D eigenvalue weighted by molar-refractivity contribution is -0.167. The topological polar surface area (TPSA) is 78.9 Å². The van der Waals surface area contributed by atoms with Crippen molar-refractivity contribution >= 4 is 17.9 Å². The second kappa shape index (κ2) is 60.7. The minimum absolute atomic E-state index is 0.0701. The average molecular weight is 1010 g/mol. The van der Waals surface area contributed by atoms with Gasteiger partial charge in [0.2, 0.25) is 0 Å². The second-order valence-corrected chi connectivity index (χ2v) is 21.0. The number of allylic oxidation sites excluding steroid dienone is 10. The Labute approximate surface area is 447 Å². The zero-order chi connectivity index (χ0) is 52.2. The predicted octanol–water partition coefficient (Wildman–Crippen LogP) is 21.2. The van der Waals surface area contributed by atoms with Crippen molar-refractivity contribution < 1.29 is 28.6 Å². The molecule has 0 amide bonds. The number of carbonyl (C=O) groups is 3. The van der Waals surface area contributed by atoms with Gasteiger partial charge in [0, 0.05) is 19.3 Å². The minimum Gasteiger partial charge on any atom is -0.462 e. The van der Waals surface area contributed by atoms with E-state index in [0.29, 0.717) is 19.3 Å². The molecule has 0 saturated heterocycles. The number of rotatable bonds is 57. The van der Waals surface area contributed by atoms with E-state index in [-0.39, 0.29) is 31.1 Å². The van der Waals surface area contributed by atoms with E-state index in [1.807, 2.05) is 0 Å². The van der Waals surface area contributed by atoms with Crippen molar-refractivity contribution in [2.75, 3.05) is 13.2 Å². The third-order valence-corrected chi connectivity index (χ3v) is 13.8. The molecule has 0 aliphatic rings. The third-order valence-electron chi connectivity index (χ3n) is 13.8. The molecule has 0 bridgehead atoms. The van der Waals surface area contributed by atoms with Crippen molar-refractivity contribution in [1.29, 1.82) is 0 Å². The number of ether oxygens (including phenoxy) is 3. The van der Waals surface area contributed by atoms with E-state index in [4.69, 9.17) is 14.2 Å². The molecule has 0 rings (SSSR count). The largest absolute Gasteiger partial charge is 0.462 e. The lowest BCUT2D eigenvalue weighted by Gasteiger charge is -2.18. The Hall–Kier alpha value is -2.89. The molecule has 1 atom stereocenters. The van der Waals surface area contributed by atoms with Crippen LogP contribution in [0.4, 0.5) is 0 Å². The standard InChI is InChI=1S/C66H118O6/c1-4-7-10-13-16-18-20-22-24-26-28-29-30-31-32-33-34-35-36-37-39-40-42-44-46-48-50-53-56-59-65(68)71-62-63(61-70-64(67)58-55-52-15-12-9-6-3)72-66(69)60-57-54-51-49-47-45-43-41-38-27-25-23-21-19-17-14-11-8-5-2/h7,10,16,18,22,24,28-29,31-32,63H,4-6,8-9,11-15,17,19-21,23,25-27,30,33-62H2,1-3H3/b10-7-,18-16-,24-22-,29-28-,32-31-. The maximum atomic E-state index is 12.8. The first-order valence-electron chi connectivity index (χ1n) is 31.3. The number of carbonyl (C=O) groups excluding carboxylic acids is 3. The average Bonchev–Trinajstić information content (AvgIpc) is 3.38. The van der Waals surface area contributed by atoms with Crippen LogP contribution < -0.4 is 0 Å². The van der Waals surface area contributed by atoms with Crippen LogP contribution in [0.3, 0.4) is 0 Å². The summed E-state index contributed by atoms with van der Waals surface area (Å²) in [5.41, 5.74) is 0. The zero-order valence-electron chi connectivity index (χ0n) is 47.9. The van der Waals surface area contributed by atoms with E-state index in [1.54, 1.807) is 0 Å². The highest BCUT2D eigenvalue weighted by Gasteiger charge is 2.19. The Kier molecular flexibility index (Phi) is 58.2. The molecule has 0 spiro atoms. The number of hydrogen-bond acceptors (Lipinski definition) is 6. The first kappa shape index (κ1) is 69.1. The van der Waals surface area contributed by atoms with Gasteiger partial charge in [-0.15, -0.1) is 0 Å². The third kappa shape index (κ3) is 58.0. The molecule has 0 fully saturated rings. The highest BCUT2D eigenvalue weighted by Crippen LogP contribution is 2.17. The predicted molar refractivity (Wildman–Crippen MR) is 312 cm³/mol. The first-order valence-corrected chi connectivity index (χ1v) is 31.3. The fourth-order valence-electron chi connectivity index (χ4n) is 9.12. The molecule has 0 aliphatic heterocycles. The fraction of sp³-hybridized carbons (Fsp3) is 0.803. The molecule has 0 radical (unpaired) electrons.